The Labute approximate surface area is 129 Å². The summed E-state index contributed by atoms with van der Waals surface area (Å²) in [6.07, 6.45) is 1.70. The van der Waals surface area contributed by atoms with E-state index in [1.54, 1.807) is 12.1 Å². The molecule has 2 atom stereocenters. The van der Waals surface area contributed by atoms with Crippen LogP contribution < -0.4 is 5.32 Å². The molecule has 1 aromatic rings. The van der Waals surface area contributed by atoms with E-state index in [-0.39, 0.29) is 17.7 Å². The Morgan fingerprint density at radius 3 is 3.10 bits per heavy atom. The molecule has 1 aliphatic rings. The molecule has 1 saturated heterocycles. The van der Waals surface area contributed by atoms with E-state index in [0.29, 0.717) is 19.7 Å². The molecule has 0 spiro atoms. The van der Waals surface area contributed by atoms with Crippen LogP contribution in [-0.2, 0) is 16.0 Å². The van der Waals surface area contributed by atoms with Crippen LogP contribution in [0.1, 0.15) is 18.4 Å². The van der Waals surface area contributed by atoms with Gasteiger partial charge in [-0.05, 0) is 30.5 Å². The molecule has 0 aromatic heterocycles. The average Bonchev–Trinajstić information content (AvgIpc) is 2.96. The lowest BCUT2D eigenvalue weighted by molar-refractivity contribution is -0.0164. The highest BCUT2D eigenvalue weighted by molar-refractivity contribution is 6.30. The maximum absolute atomic E-state index is 13.0. The van der Waals surface area contributed by atoms with E-state index in [9.17, 15) is 9.50 Å². The monoisotopic (exact) mass is 317 g/mol. The van der Waals surface area contributed by atoms with Crippen molar-refractivity contribution in [2.45, 2.75) is 31.6 Å². The van der Waals surface area contributed by atoms with Gasteiger partial charge in [-0.25, -0.2) is 4.39 Å². The molecule has 0 saturated carbocycles. The lowest BCUT2D eigenvalue weighted by Crippen LogP contribution is -2.31. The van der Waals surface area contributed by atoms with Crippen LogP contribution in [0.4, 0.5) is 4.39 Å². The number of aliphatic hydroxyl groups excluding tert-OH is 1. The van der Waals surface area contributed by atoms with Crippen molar-refractivity contribution in [1.29, 1.82) is 0 Å². The lowest BCUT2D eigenvalue weighted by Gasteiger charge is -2.14. The molecule has 1 fully saturated rings. The Hall–Kier alpha value is -0.720. The molecule has 1 aliphatic heterocycles. The van der Waals surface area contributed by atoms with Gasteiger partial charge >= 0.3 is 0 Å². The first-order valence-electron chi connectivity index (χ1n) is 7.17. The molecule has 4 nitrogen and oxygen atoms in total. The molecular weight excluding hydrogens is 297 g/mol. The van der Waals surface area contributed by atoms with Crippen molar-refractivity contribution in [1.82, 2.24) is 5.32 Å². The summed E-state index contributed by atoms with van der Waals surface area (Å²) in [5.41, 5.74) is 0.869. The van der Waals surface area contributed by atoms with Crippen LogP contribution in [0, 0.1) is 5.82 Å². The Kier molecular flexibility index (Phi) is 6.86. The fourth-order valence-electron chi connectivity index (χ4n) is 2.20. The molecule has 2 rings (SSSR count). The molecule has 2 unspecified atom stereocenters. The van der Waals surface area contributed by atoms with Crippen molar-refractivity contribution < 1.29 is 19.0 Å². The Morgan fingerprint density at radius 1 is 1.52 bits per heavy atom. The summed E-state index contributed by atoms with van der Waals surface area (Å²) in [5, 5.41) is 13.0. The zero-order valence-electron chi connectivity index (χ0n) is 11.9. The summed E-state index contributed by atoms with van der Waals surface area (Å²) in [7, 11) is 0. The van der Waals surface area contributed by atoms with Crippen molar-refractivity contribution in [3.05, 3.63) is 34.6 Å². The molecule has 118 valence electrons. The summed E-state index contributed by atoms with van der Waals surface area (Å²) in [4.78, 5) is 0. The molecule has 6 heteroatoms. The third-order valence-corrected chi connectivity index (χ3v) is 3.62. The highest BCUT2D eigenvalue weighted by Gasteiger charge is 2.16. The number of ether oxygens (including phenoxy) is 2. The van der Waals surface area contributed by atoms with Crippen molar-refractivity contribution >= 4 is 11.6 Å². The second kappa shape index (κ2) is 8.66. The number of rotatable bonds is 8. The molecule has 0 aliphatic carbocycles. The average molecular weight is 318 g/mol. The van der Waals surface area contributed by atoms with Gasteiger partial charge in [0.15, 0.2) is 0 Å². The van der Waals surface area contributed by atoms with E-state index in [1.807, 2.05) is 0 Å². The summed E-state index contributed by atoms with van der Waals surface area (Å²) in [6, 6.07) is 4.57. The van der Waals surface area contributed by atoms with Crippen LogP contribution in [0.15, 0.2) is 18.2 Å². The number of halogens is 2. The number of hydrogen-bond acceptors (Lipinski definition) is 4. The third-order valence-electron chi connectivity index (χ3n) is 3.33. The second-order valence-corrected chi connectivity index (χ2v) is 5.61. The SMILES string of the molecule is OC(CNCc1ccc(F)c(Cl)c1)COCC1CCCO1. The van der Waals surface area contributed by atoms with Gasteiger partial charge in [0.2, 0.25) is 0 Å². The number of nitrogens with one attached hydrogen (secondary N) is 1. The minimum absolute atomic E-state index is 0.106. The van der Waals surface area contributed by atoms with Crippen molar-refractivity contribution in [2.75, 3.05) is 26.4 Å². The fourth-order valence-corrected chi connectivity index (χ4v) is 2.41. The molecule has 0 bridgehead atoms. The molecular formula is C15H21ClFNO3. The first kappa shape index (κ1) is 16.6. The van der Waals surface area contributed by atoms with Crippen LogP contribution in [0.2, 0.25) is 5.02 Å². The largest absolute Gasteiger partial charge is 0.389 e. The predicted molar refractivity (Wildman–Crippen MR) is 78.9 cm³/mol. The first-order valence-corrected chi connectivity index (χ1v) is 7.55. The summed E-state index contributed by atoms with van der Waals surface area (Å²) >= 11 is 5.70. The zero-order valence-corrected chi connectivity index (χ0v) is 12.6. The summed E-state index contributed by atoms with van der Waals surface area (Å²) in [5.74, 6) is -0.428. The Balaban J connectivity index is 1.57. The predicted octanol–water partition coefficient (Wildman–Crippen LogP) is 2.13. The highest BCUT2D eigenvalue weighted by Crippen LogP contribution is 2.15. The molecule has 1 heterocycles. The van der Waals surface area contributed by atoms with Crippen molar-refractivity contribution in [2.24, 2.45) is 0 Å². The van der Waals surface area contributed by atoms with E-state index >= 15 is 0 Å². The third kappa shape index (κ3) is 5.88. The van der Waals surface area contributed by atoms with Gasteiger partial charge in [-0.1, -0.05) is 17.7 Å². The zero-order chi connectivity index (χ0) is 15.1. The number of aliphatic hydroxyl groups is 1. The Bertz CT molecular complexity index is 441. The van der Waals surface area contributed by atoms with Crippen molar-refractivity contribution in [3.8, 4) is 0 Å². The van der Waals surface area contributed by atoms with E-state index in [4.69, 9.17) is 21.1 Å². The lowest BCUT2D eigenvalue weighted by atomic mass is 10.2. The summed E-state index contributed by atoms with van der Waals surface area (Å²) < 4.78 is 23.9. The maximum Gasteiger partial charge on any atom is 0.141 e. The quantitative estimate of drug-likeness (QED) is 0.771. The molecule has 0 amide bonds. The second-order valence-electron chi connectivity index (χ2n) is 5.21. The van der Waals surface area contributed by atoms with E-state index < -0.39 is 11.9 Å². The van der Waals surface area contributed by atoms with Gasteiger partial charge in [0.05, 0.1) is 30.4 Å². The van der Waals surface area contributed by atoms with E-state index in [0.717, 1.165) is 25.0 Å². The highest BCUT2D eigenvalue weighted by atomic mass is 35.5. The topological polar surface area (TPSA) is 50.7 Å². The van der Waals surface area contributed by atoms with Gasteiger partial charge in [0.1, 0.15) is 5.82 Å². The van der Waals surface area contributed by atoms with Gasteiger partial charge < -0.3 is 19.9 Å². The van der Waals surface area contributed by atoms with E-state index in [2.05, 4.69) is 5.32 Å². The Morgan fingerprint density at radius 2 is 2.38 bits per heavy atom. The number of hydrogen-bond donors (Lipinski definition) is 2. The van der Waals surface area contributed by atoms with Crippen LogP contribution in [0.25, 0.3) is 0 Å². The molecule has 2 N–H and O–H groups in total. The van der Waals surface area contributed by atoms with Crippen LogP contribution in [-0.4, -0.2) is 43.7 Å². The normalized spacial score (nSPS) is 19.9. The molecule has 21 heavy (non-hydrogen) atoms. The minimum Gasteiger partial charge on any atom is -0.389 e. The minimum atomic E-state index is -0.581. The molecule has 1 aromatic carbocycles. The summed E-state index contributed by atoms with van der Waals surface area (Å²) in [6.45, 7) is 2.53. The van der Waals surface area contributed by atoms with Gasteiger partial charge in [0.25, 0.3) is 0 Å². The number of benzene rings is 1. The van der Waals surface area contributed by atoms with Gasteiger partial charge in [0, 0.05) is 19.7 Å². The van der Waals surface area contributed by atoms with Crippen LogP contribution in [0.5, 0.6) is 0 Å². The standard InChI is InChI=1S/C15H21ClFNO3/c16-14-6-11(3-4-15(14)17)7-18-8-12(19)9-20-10-13-2-1-5-21-13/h3-4,6,12-13,18-19H,1-2,5,7-10H2. The van der Waals surface area contributed by atoms with Crippen LogP contribution >= 0.6 is 11.6 Å². The maximum atomic E-state index is 13.0. The smallest absolute Gasteiger partial charge is 0.141 e. The van der Waals surface area contributed by atoms with E-state index in [1.165, 1.54) is 6.07 Å². The fraction of sp³-hybridized carbons (Fsp3) is 0.600. The van der Waals surface area contributed by atoms with Gasteiger partial charge in [-0.2, -0.15) is 0 Å². The first-order chi connectivity index (χ1) is 10.1. The van der Waals surface area contributed by atoms with Crippen molar-refractivity contribution in [3.63, 3.8) is 0 Å². The van der Waals surface area contributed by atoms with Gasteiger partial charge in [-0.3, -0.25) is 0 Å². The molecule has 0 radical (unpaired) electrons. The van der Waals surface area contributed by atoms with Gasteiger partial charge in [-0.15, -0.1) is 0 Å². The van der Waals surface area contributed by atoms with Crippen LogP contribution in [0.3, 0.4) is 0 Å².